The molecule has 0 bridgehead atoms. The lowest BCUT2D eigenvalue weighted by atomic mass is 10.1. The standard InChI is InChI=1S/C10H12N4O/c1-7-6-8(10(11)15)2-3-9(7)14-12-4-5-13(12)14/h2-3,6H,4-5H2,1H3,(H2,11,15). The van der Waals surface area contributed by atoms with E-state index in [-0.39, 0.29) is 5.91 Å². The molecule has 2 N–H and O–H groups in total. The zero-order valence-electron chi connectivity index (χ0n) is 8.47. The second kappa shape index (κ2) is 2.56. The Bertz CT molecular complexity index is 527. The van der Waals surface area contributed by atoms with Crippen LogP contribution in [0.5, 0.6) is 0 Å². The lowest BCUT2D eigenvalue weighted by Crippen LogP contribution is -2.11. The Kier molecular flexibility index (Phi) is 1.44. The van der Waals surface area contributed by atoms with Crippen LogP contribution in [-0.4, -0.2) is 20.3 Å². The molecule has 1 aliphatic heterocycles. The summed E-state index contributed by atoms with van der Waals surface area (Å²) in [7, 11) is 0. The van der Waals surface area contributed by atoms with E-state index in [1.165, 1.54) is 0 Å². The first-order valence-corrected chi connectivity index (χ1v) is 4.94. The van der Waals surface area contributed by atoms with Crippen molar-refractivity contribution in [3.8, 4) is 5.69 Å². The van der Waals surface area contributed by atoms with E-state index in [9.17, 15) is 4.79 Å². The van der Waals surface area contributed by atoms with E-state index in [1.807, 2.05) is 19.1 Å². The zero-order valence-corrected chi connectivity index (χ0v) is 8.47. The summed E-state index contributed by atoms with van der Waals surface area (Å²) in [5, 5.41) is 0. The van der Waals surface area contributed by atoms with E-state index in [1.54, 1.807) is 6.07 Å². The van der Waals surface area contributed by atoms with Crippen molar-refractivity contribution in [1.29, 1.82) is 0 Å². The maximum absolute atomic E-state index is 11.0. The molecular formula is C10H12N4O. The fourth-order valence-corrected chi connectivity index (χ4v) is 1.93. The highest BCUT2D eigenvalue weighted by molar-refractivity contribution is 5.93. The lowest BCUT2D eigenvalue weighted by molar-refractivity contribution is 0.1000. The highest BCUT2D eigenvalue weighted by atomic mass is 16.1. The van der Waals surface area contributed by atoms with E-state index in [2.05, 4.69) is 14.4 Å². The van der Waals surface area contributed by atoms with Gasteiger partial charge in [0.1, 0.15) is 0 Å². The van der Waals surface area contributed by atoms with Gasteiger partial charge in [0.05, 0.1) is 18.8 Å². The number of aryl methyl sites for hydroxylation is 1. The first-order valence-electron chi connectivity index (χ1n) is 4.94. The molecule has 0 saturated carbocycles. The average Bonchev–Trinajstić information content (AvgIpc) is 2.66. The summed E-state index contributed by atoms with van der Waals surface area (Å²) in [6, 6.07) is 5.54. The van der Waals surface area contributed by atoms with Gasteiger partial charge in [-0.2, -0.15) is 14.4 Å². The van der Waals surface area contributed by atoms with Gasteiger partial charge in [-0.15, -0.1) is 0 Å². The molecule has 1 amide bonds. The molecule has 2 aromatic rings. The van der Waals surface area contributed by atoms with E-state index in [4.69, 9.17) is 5.73 Å². The molecule has 5 heteroatoms. The Balaban J connectivity index is 2.04. The first kappa shape index (κ1) is 8.40. The van der Waals surface area contributed by atoms with Crippen molar-refractivity contribution in [3.05, 3.63) is 29.3 Å². The molecule has 1 aliphatic rings. The third-order valence-electron chi connectivity index (χ3n) is 2.87. The van der Waals surface area contributed by atoms with E-state index in [0.717, 1.165) is 24.3 Å². The molecule has 78 valence electrons. The molecule has 0 unspecified atom stereocenters. The predicted octanol–water partition coefficient (Wildman–Crippen LogP) is 0.501. The summed E-state index contributed by atoms with van der Waals surface area (Å²) in [5.74, 6) is -0.376. The Morgan fingerprint density at radius 2 is 2.00 bits per heavy atom. The van der Waals surface area contributed by atoms with Gasteiger partial charge >= 0.3 is 0 Å². The van der Waals surface area contributed by atoms with Gasteiger partial charge in [0.2, 0.25) is 5.91 Å². The van der Waals surface area contributed by atoms with Gasteiger partial charge in [0.25, 0.3) is 0 Å². The number of fused-ring (bicyclic) bond motifs is 1. The number of nitrogens with zero attached hydrogens (tertiary/aromatic N) is 3. The quantitative estimate of drug-likeness (QED) is 0.761. The molecule has 5 nitrogen and oxygen atoms in total. The third kappa shape index (κ3) is 1.06. The van der Waals surface area contributed by atoms with Crippen LogP contribution in [0.4, 0.5) is 0 Å². The Morgan fingerprint density at radius 3 is 2.47 bits per heavy atom. The minimum Gasteiger partial charge on any atom is -0.366 e. The highest BCUT2D eigenvalue weighted by Crippen LogP contribution is 2.23. The normalized spacial score (nSPS) is 13.7. The predicted molar refractivity (Wildman–Crippen MR) is 55.0 cm³/mol. The molecule has 2 heterocycles. The van der Waals surface area contributed by atoms with Crippen molar-refractivity contribution < 1.29 is 4.79 Å². The Labute approximate surface area is 86.6 Å². The van der Waals surface area contributed by atoms with Crippen molar-refractivity contribution >= 4 is 5.91 Å². The molecule has 0 fully saturated rings. The maximum Gasteiger partial charge on any atom is 0.248 e. The highest BCUT2D eigenvalue weighted by Gasteiger charge is 2.27. The van der Waals surface area contributed by atoms with Crippen LogP contribution in [0, 0.1) is 6.92 Å². The molecule has 0 radical (unpaired) electrons. The number of aromatic nitrogens is 3. The van der Waals surface area contributed by atoms with Crippen molar-refractivity contribution in [2.24, 2.45) is 5.73 Å². The lowest BCUT2D eigenvalue weighted by Gasteiger charge is -2.02. The minimum atomic E-state index is -0.376. The van der Waals surface area contributed by atoms with Crippen molar-refractivity contribution in [2.45, 2.75) is 20.0 Å². The maximum atomic E-state index is 11.0. The van der Waals surface area contributed by atoms with Crippen LogP contribution in [0.3, 0.4) is 0 Å². The summed E-state index contributed by atoms with van der Waals surface area (Å²) < 4.78 is 0. The van der Waals surface area contributed by atoms with E-state index in [0.29, 0.717) is 5.56 Å². The summed E-state index contributed by atoms with van der Waals surface area (Å²) in [6.07, 6.45) is 0. The fraction of sp³-hybridized carbons (Fsp3) is 0.300. The van der Waals surface area contributed by atoms with Crippen LogP contribution >= 0.6 is 0 Å². The number of nitrogens with two attached hydrogens (primary N) is 1. The summed E-state index contributed by atoms with van der Waals surface area (Å²) in [6.45, 7) is 4.15. The second-order valence-electron chi connectivity index (χ2n) is 3.85. The van der Waals surface area contributed by atoms with Crippen molar-refractivity contribution in [1.82, 2.24) is 14.4 Å². The molecule has 15 heavy (non-hydrogen) atoms. The van der Waals surface area contributed by atoms with Crippen molar-refractivity contribution in [2.75, 3.05) is 0 Å². The molecule has 0 spiro atoms. The molecule has 3 rings (SSSR count). The first-order chi connectivity index (χ1) is 7.18. The number of hydrogen-bond acceptors (Lipinski definition) is 1. The largest absolute Gasteiger partial charge is 0.366 e. The smallest absolute Gasteiger partial charge is 0.248 e. The van der Waals surface area contributed by atoms with E-state index < -0.39 is 0 Å². The number of amides is 1. The third-order valence-corrected chi connectivity index (χ3v) is 2.87. The molecule has 1 aromatic carbocycles. The number of hydrogen-bond donors (Lipinski definition) is 1. The van der Waals surface area contributed by atoms with Gasteiger partial charge in [0, 0.05) is 5.56 Å². The van der Waals surface area contributed by atoms with Crippen LogP contribution in [0.2, 0.25) is 0 Å². The van der Waals surface area contributed by atoms with Crippen LogP contribution in [0.15, 0.2) is 18.2 Å². The monoisotopic (exact) mass is 204 g/mol. The number of rotatable bonds is 2. The topological polar surface area (TPSA) is 57.9 Å². The van der Waals surface area contributed by atoms with Gasteiger partial charge in [-0.3, -0.25) is 4.79 Å². The number of carbonyl (C=O) groups is 1. The van der Waals surface area contributed by atoms with Gasteiger partial charge in [-0.25, -0.2) is 0 Å². The molecule has 1 aromatic heterocycles. The van der Waals surface area contributed by atoms with Crippen LogP contribution in [0.1, 0.15) is 15.9 Å². The fourth-order valence-electron chi connectivity index (χ4n) is 1.93. The van der Waals surface area contributed by atoms with Crippen LogP contribution < -0.4 is 5.73 Å². The molecule has 0 aliphatic carbocycles. The van der Waals surface area contributed by atoms with E-state index >= 15 is 0 Å². The number of primary amides is 1. The molecule has 0 atom stereocenters. The van der Waals surface area contributed by atoms with Crippen LogP contribution in [0.25, 0.3) is 5.69 Å². The summed E-state index contributed by atoms with van der Waals surface area (Å²) in [4.78, 5) is 17.4. The average molecular weight is 204 g/mol. The number of benzene rings is 1. The van der Waals surface area contributed by atoms with Gasteiger partial charge in [-0.05, 0) is 30.7 Å². The minimum absolute atomic E-state index is 0.376. The SMILES string of the molecule is Cc1cc(C(N)=O)ccc1-n1n2n1CC2. The Hall–Kier alpha value is -1.91. The molecule has 0 saturated heterocycles. The van der Waals surface area contributed by atoms with Gasteiger partial charge in [0.15, 0.2) is 0 Å². The summed E-state index contributed by atoms with van der Waals surface area (Å²) in [5.41, 5.74) is 7.98. The van der Waals surface area contributed by atoms with Crippen molar-refractivity contribution in [3.63, 3.8) is 0 Å². The second-order valence-corrected chi connectivity index (χ2v) is 3.85. The van der Waals surface area contributed by atoms with Crippen LogP contribution in [-0.2, 0) is 13.1 Å². The Morgan fingerprint density at radius 1 is 1.33 bits per heavy atom. The molecular weight excluding hydrogens is 192 g/mol. The van der Waals surface area contributed by atoms with Gasteiger partial charge < -0.3 is 5.73 Å². The summed E-state index contributed by atoms with van der Waals surface area (Å²) >= 11 is 0. The number of carbonyl (C=O) groups excluding carboxylic acids is 1. The van der Waals surface area contributed by atoms with Gasteiger partial charge in [-0.1, -0.05) is 0 Å². The zero-order chi connectivity index (χ0) is 10.6.